The van der Waals surface area contributed by atoms with E-state index >= 15 is 0 Å². The molecule has 38 heteroatoms. The number of nitro benzene ring substituents is 2. The molecule has 76 heavy (non-hydrogen) atoms. The van der Waals surface area contributed by atoms with Crippen molar-refractivity contribution in [3.8, 4) is 0 Å². The molecule has 2 unspecified atom stereocenters. The number of nitrogens with one attached hydrogen (secondary N) is 2. The zero-order valence-corrected chi connectivity index (χ0v) is 48.3. The number of carbonyl (C=O) groups is 8. The number of rotatable bonds is 20. The molecule has 32 nitrogen and oxygen atoms in total. The average molecular weight is 1180 g/mol. The van der Waals surface area contributed by atoms with Crippen LogP contribution in [0.15, 0.2) is 81.4 Å². The summed E-state index contributed by atoms with van der Waals surface area (Å²) in [7, 11) is 0. The molecule has 4 amide bonds. The second kappa shape index (κ2) is 27.2. The smallest absolute Gasteiger partial charge is 0.543 e. The van der Waals surface area contributed by atoms with E-state index in [9.17, 15) is 79.0 Å². The molecule has 4 aliphatic heterocycles. The number of nitro groups is 2. The third kappa shape index (κ3) is 13.7. The maximum atomic E-state index is 12.8. The Bertz CT molecular complexity index is 2870. The third-order valence-corrected chi connectivity index (χ3v) is 15.5. The minimum absolute atomic E-state index is 0. The van der Waals surface area contributed by atoms with E-state index in [0.29, 0.717) is 11.1 Å². The number of tetrazole rings is 2. The quantitative estimate of drug-likeness (QED) is 0.0157. The number of amides is 4. The Balaban J connectivity index is 0.000000274. The van der Waals surface area contributed by atoms with Crippen LogP contribution in [-0.4, -0.2) is 174 Å². The van der Waals surface area contributed by atoms with Crippen molar-refractivity contribution in [2.45, 2.75) is 58.4 Å². The average Bonchev–Trinajstić information content (AvgIpc) is 4.02. The van der Waals surface area contributed by atoms with E-state index in [-0.39, 0.29) is 159 Å². The standard InChI is InChI=1S/2C19H17N7O9S2.2K/c2*27-11(28)5-24-19(21-22-23-24)37-7-8-6-36-17-12(16(31)25(17)13(8)18(32)33)20-15(30)14(29)9-3-1-2-4-10(9)26(34)35;;/h2*1-4,12,14,17,29H,5-7H2,(H,20,30)(H,27,28)(H,32,33);;/q;;2*+1/p-2/t2*12?,14-,17-;;/m11../s1. The first-order valence-corrected chi connectivity index (χ1v) is 24.7. The van der Waals surface area contributed by atoms with Crippen LogP contribution in [0.2, 0.25) is 0 Å². The maximum absolute atomic E-state index is 12.8. The number of aliphatic carboxylic acids is 4. The Morgan fingerprint density at radius 2 is 1.01 bits per heavy atom. The summed E-state index contributed by atoms with van der Waals surface area (Å²) in [5.74, 6) is -8.95. The molecule has 6 N–H and O–H groups in total. The minimum Gasteiger partial charge on any atom is -0.543 e. The molecule has 0 aliphatic carbocycles. The number of hydrogen-bond donors (Lipinski definition) is 6. The number of β-lactam (4-membered cyclic amide) rings is 2. The minimum atomic E-state index is -1.93. The number of carboxylic acid groups (broad SMARTS) is 4. The van der Waals surface area contributed by atoms with Crippen molar-refractivity contribution in [2.24, 2.45) is 0 Å². The van der Waals surface area contributed by atoms with E-state index in [0.717, 1.165) is 78.3 Å². The Kier molecular flexibility index (Phi) is 22.2. The van der Waals surface area contributed by atoms with Crippen molar-refractivity contribution in [3.63, 3.8) is 0 Å². The van der Waals surface area contributed by atoms with Crippen molar-refractivity contribution in [2.75, 3.05) is 23.0 Å². The second-order valence-corrected chi connectivity index (χ2v) is 19.4. The molecule has 4 aromatic rings. The van der Waals surface area contributed by atoms with Gasteiger partial charge in [-0.25, -0.2) is 9.36 Å². The number of fused-ring (bicyclic) bond motifs is 2. The monoisotopic (exact) mass is 1180 g/mol. The third-order valence-electron chi connectivity index (χ3n) is 10.7. The molecule has 0 spiro atoms. The first-order valence-electron chi connectivity index (χ1n) is 20.6. The van der Waals surface area contributed by atoms with Crippen LogP contribution in [0.1, 0.15) is 23.3 Å². The van der Waals surface area contributed by atoms with Crippen molar-refractivity contribution in [3.05, 3.63) is 102 Å². The van der Waals surface area contributed by atoms with E-state index in [1.807, 2.05) is 0 Å². The molecule has 0 radical (unpaired) electrons. The number of aliphatic hydroxyl groups excluding tert-OH is 2. The maximum Gasteiger partial charge on any atom is 1.00 e. The first-order chi connectivity index (χ1) is 35.2. The van der Waals surface area contributed by atoms with Gasteiger partial charge in [0.05, 0.1) is 44.3 Å². The summed E-state index contributed by atoms with van der Waals surface area (Å²) < 4.78 is 2.04. The van der Waals surface area contributed by atoms with Gasteiger partial charge in [-0.15, -0.1) is 33.7 Å². The molecule has 0 saturated carbocycles. The van der Waals surface area contributed by atoms with Crippen LogP contribution >= 0.6 is 47.0 Å². The van der Waals surface area contributed by atoms with Crippen molar-refractivity contribution in [1.82, 2.24) is 60.8 Å². The molecule has 0 bridgehead atoms. The van der Waals surface area contributed by atoms with Gasteiger partial charge >= 0.3 is 115 Å². The van der Waals surface area contributed by atoms with Crippen LogP contribution in [0.25, 0.3) is 0 Å². The van der Waals surface area contributed by atoms with Crippen LogP contribution in [0.3, 0.4) is 0 Å². The Morgan fingerprint density at radius 1 is 0.658 bits per heavy atom. The van der Waals surface area contributed by atoms with Crippen LogP contribution < -0.4 is 124 Å². The van der Waals surface area contributed by atoms with Crippen molar-refractivity contribution in [1.29, 1.82) is 0 Å². The summed E-state index contributed by atoms with van der Waals surface area (Å²) in [6, 6.07) is 7.85. The van der Waals surface area contributed by atoms with Gasteiger partial charge in [0.25, 0.3) is 35.0 Å². The number of carbonyl (C=O) groups excluding carboxylic acids is 6. The number of para-hydroxylation sites is 2. The topological polar surface area (TPSA) is 468 Å². The molecule has 2 aromatic carbocycles. The molecular formula is C38H32K2N14O18S4. The number of thioether (sulfide) groups is 4. The Morgan fingerprint density at radius 3 is 1.34 bits per heavy atom. The molecular weight excluding hydrogens is 1150 g/mol. The summed E-state index contributed by atoms with van der Waals surface area (Å²) >= 11 is 4.25. The van der Waals surface area contributed by atoms with Gasteiger partial charge in [-0.2, -0.15) is 0 Å². The number of aliphatic hydroxyl groups is 2. The van der Waals surface area contributed by atoms with Gasteiger partial charge in [-0.05, 0) is 44.1 Å². The molecule has 2 fully saturated rings. The van der Waals surface area contributed by atoms with Crippen molar-refractivity contribution >= 4 is 106 Å². The number of carboxylic acids is 4. The van der Waals surface area contributed by atoms with Crippen LogP contribution in [0.5, 0.6) is 0 Å². The second-order valence-electron chi connectivity index (χ2n) is 15.3. The van der Waals surface area contributed by atoms with Gasteiger partial charge < -0.3 is 50.9 Å². The first kappa shape index (κ1) is 62.1. The fourth-order valence-corrected chi connectivity index (χ4v) is 12.2. The summed E-state index contributed by atoms with van der Waals surface area (Å²) in [4.78, 5) is 119. The molecule has 8 rings (SSSR count). The van der Waals surface area contributed by atoms with Crippen LogP contribution in [0.4, 0.5) is 11.4 Å². The number of nitrogens with zero attached hydrogens (tertiary/aromatic N) is 12. The molecule has 6 atom stereocenters. The largest absolute Gasteiger partial charge is 1.00 e. The molecule has 6 heterocycles. The van der Waals surface area contributed by atoms with E-state index in [1.165, 1.54) is 36.4 Å². The molecule has 388 valence electrons. The van der Waals surface area contributed by atoms with Gasteiger partial charge in [0.2, 0.25) is 10.3 Å². The summed E-state index contributed by atoms with van der Waals surface area (Å²) in [5.41, 5.74) is -1.64. The molecule has 2 saturated heterocycles. The Hall–Kier alpha value is -4.79. The predicted octanol–water partition coefficient (Wildman–Crippen LogP) is -10.2. The molecule has 4 aliphatic rings. The Labute approximate surface area is 525 Å². The summed E-state index contributed by atoms with van der Waals surface area (Å²) in [6.45, 7) is -0.995. The number of benzene rings is 2. The summed E-state index contributed by atoms with van der Waals surface area (Å²) in [6.07, 6.45) is -3.87. The molecule has 2 aromatic heterocycles. The van der Waals surface area contributed by atoms with E-state index in [4.69, 9.17) is 10.2 Å². The zero-order chi connectivity index (χ0) is 53.7. The van der Waals surface area contributed by atoms with Gasteiger partial charge in [0, 0.05) is 35.1 Å². The summed E-state index contributed by atoms with van der Waals surface area (Å²) in [5, 5.41) is 109. The van der Waals surface area contributed by atoms with E-state index < -0.39 is 117 Å². The number of aromatic nitrogens is 8. The van der Waals surface area contributed by atoms with Crippen LogP contribution in [0, 0.1) is 20.2 Å². The van der Waals surface area contributed by atoms with Crippen LogP contribution in [-0.2, 0) is 51.4 Å². The fourth-order valence-electron chi connectivity index (χ4n) is 7.44. The predicted molar refractivity (Wildman–Crippen MR) is 243 cm³/mol. The SMILES string of the molecule is O=C(O)Cn1nnnc1SCC1=C(C(=O)[O-])N2C(=O)C(NC(=O)[C@H](O)c3ccccc3[N+](=O)[O-])[C@H]2SC1.O=C(O)Cn1nnnc1SCC1=C(C(=O)[O-])N2C(=O)C(NC(=O)[C@H](O)c3ccccc3[N+](=O)[O-])[C@H]2SC1.[K+].[K+]. The van der Waals surface area contributed by atoms with E-state index in [2.05, 4.69) is 41.7 Å². The van der Waals surface area contributed by atoms with Gasteiger partial charge in [0.1, 0.15) is 35.9 Å². The van der Waals surface area contributed by atoms with Gasteiger partial charge in [-0.3, -0.25) is 58.8 Å². The number of hydrogen-bond acceptors (Lipinski definition) is 26. The normalized spacial score (nSPS) is 19.1. The van der Waals surface area contributed by atoms with Crippen molar-refractivity contribution < 1.29 is 182 Å². The zero-order valence-electron chi connectivity index (χ0n) is 38.8. The van der Waals surface area contributed by atoms with Gasteiger partial charge in [0.15, 0.2) is 12.2 Å². The van der Waals surface area contributed by atoms with Gasteiger partial charge in [-0.1, -0.05) is 47.8 Å². The fraction of sp³-hybridized carbons (Fsp3) is 0.316. The van der Waals surface area contributed by atoms with E-state index in [1.54, 1.807) is 0 Å².